The van der Waals surface area contributed by atoms with E-state index in [1.165, 1.54) is 33.4 Å². The molecule has 0 unspecified atom stereocenters. The van der Waals surface area contributed by atoms with Crippen molar-refractivity contribution in [3.8, 4) is 11.5 Å². The topological polar surface area (TPSA) is 88.2 Å². The number of amides is 1. The van der Waals surface area contributed by atoms with Gasteiger partial charge >= 0.3 is 0 Å². The first-order valence-electron chi connectivity index (χ1n) is 7.57. The Balaban J connectivity index is 2.21. The molecule has 0 radical (unpaired) electrons. The van der Waals surface area contributed by atoms with E-state index in [4.69, 9.17) is 9.47 Å². The summed E-state index contributed by atoms with van der Waals surface area (Å²) in [5.74, 6) is 0.387. The van der Waals surface area contributed by atoms with Crippen molar-refractivity contribution >= 4 is 15.9 Å². The number of rotatable bonds is 6. The average Bonchev–Trinajstić information content (AvgIpc) is 2.61. The lowest BCUT2D eigenvalue weighted by Gasteiger charge is -2.29. The predicted molar refractivity (Wildman–Crippen MR) is 88.8 cm³/mol. The molecule has 1 aliphatic rings. The number of likely N-dealkylation sites (N-methyl/N-ethyl adjacent to an activating group) is 1. The molecule has 0 saturated carbocycles. The molecule has 0 bridgehead atoms. The monoisotopic (exact) mass is 357 g/mol. The van der Waals surface area contributed by atoms with Crippen LogP contribution in [0.15, 0.2) is 23.1 Å². The number of nitrogens with zero attached hydrogens (tertiary/aromatic N) is 2. The van der Waals surface area contributed by atoms with Crippen LogP contribution in [0, 0.1) is 0 Å². The summed E-state index contributed by atoms with van der Waals surface area (Å²) in [6.45, 7) is 2.37. The molecule has 8 nitrogen and oxygen atoms in total. The molecular formula is C15H23N3O5S. The minimum absolute atomic E-state index is 0.0278. The van der Waals surface area contributed by atoms with Crippen LogP contribution in [0.3, 0.4) is 0 Å². The second kappa shape index (κ2) is 7.82. The number of ether oxygens (including phenoxy) is 2. The summed E-state index contributed by atoms with van der Waals surface area (Å²) in [6, 6.07) is 4.53. The summed E-state index contributed by atoms with van der Waals surface area (Å²) in [4.78, 5) is 13.9. The molecule has 134 valence electrons. The van der Waals surface area contributed by atoms with Gasteiger partial charge in [-0.25, -0.2) is 8.42 Å². The molecule has 9 heteroatoms. The number of nitrogens with one attached hydrogen (secondary N) is 1. The Morgan fingerprint density at radius 2 is 1.92 bits per heavy atom. The Morgan fingerprint density at radius 3 is 2.50 bits per heavy atom. The number of carbonyl (C=O) groups excluding carboxylic acids is 1. The highest BCUT2D eigenvalue weighted by molar-refractivity contribution is 7.89. The maximum Gasteiger partial charge on any atom is 0.247 e. The fraction of sp³-hybridized carbons (Fsp3) is 0.533. The van der Waals surface area contributed by atoms with Gasteiger partial charge in [0.05, 0.1) is 20.8 Å². The van der Waals surface area contributed by atoms with Crippen molar-refractivity contribution in [1.29, 1.82) is 0 Å². The van der Waals surface area contributed by atoms with E-state index in [0.29, 0.717) is 31.9 Å². The Hall–Kier alpha value is -1.84. The van der Waals surface area contributed by atoms with E-state index in [1.807, 2.05) is 0 Å². The van der Waals surface area contributed by atoms with Gasteiger partial charge in [-0.1, -0.05) is 0 Å². The van der Waals surface area contributed by atoms with Crippen molar-refractivity contribution in [1.82, 2.24) is 14.5 Å². The van der Waals surface area contributed by atoms with Crippen LogP contribution in [-0.4, -0.2) is 77.5 Å². The van der Waals surface area contributed by atoms with E-state index in [9.17, 15) is 13.2 Å². The number of benzene rings is 1. The lowest BCUT2D eigenvalue weighted by molar-refractivity contribution is -0.131. The number of hydrogen-bond acceptors (Lipinski definition) is 6. The number of methoxy groups -OCH3 is 2. The summed E-state index contributed by atoms with van der Waals surface area (Å²) < 4.78 is 36.9. The van der Waals surface area contributed by atoms with Crippen LogP contribution in [-0.2, 0) is 14.8 Å². The number of sulfonamides is 1. The van der Waals surface area contributed by atoms with Crippen molar-refractivity contribution in [2.75, 3.05) is 54.0 Å². The molecule has 0 spiro atoms. The van der Waals surface area contributed by atoms with Gasteiger partial charge in [-0.15, -0.1) is 0 Å². The van der Waals surface area contributed by atoms with Crippen LogP contribution in [0.25, 0.3) is 0 Å². The van der Waals surface area contributed by atoms with Crippen LogP contribution in [0.2, 0.25) is 0 Å². The highest BCUT2D eigenvalue weighted by Crippen LogP contribution is 2.30. The van der Waals surface area contributed by atoms with Gasteiger partial charge in [-0.05, 0) is 12.1 Å². The smallest absolute Gasteiger partial charge is 0.247 e. The largest absolute Gasteiger partial charge is 0.497 e. The fourth-order valence-electron chi connectivity index (χ4n) is 2.44. The molecule has 1 saturated heterocycles. The standard InChI is InChI=1S/C15H23N3O5S/c1-17(11-15(19)18-8-6-16-7-9-18)24(20,21)14-10-12(22-2)4-5-13(14)23-3/h4-5,10,16H,6-9,11H2,1-3H3. The van der Waals surface area contributed by atoms with E-state index in [1.54, 1.807) is 11.0 Å². The molecule has 1 fully saturated rings. The number of piperazine rings is 1. The average molecular weight is 357 g/mol. The molecule has 1 aliphatic heterocycles. The van der Waals surface area contributed by atoms with Crippen LogP contribution in [0.1, 0.15) is 0 Å². The van der Waals surface area contributed by atoms with Gasteiger partial charge in [-0.2, -0.15) is 4.31 Å². The molecule has 1 heterocycles. The molecule has 0 aliphatic carbocycles. The van der Waals surface area contributed by atoms with Crippen molar-refractivity contribution in [3.63, 3.8) is 0 Å². The molecule has 1 aromatic rings. The normalized spacial score (nSPS) is 15.4. The molecular weight excluding hydrogens is 334 g/mol. The van der Waals surface area contributed by atoms with Crippen molar-refractivity contribution in [2.24, 2.45) is 0 Å². The van der Waals surface area contributed by atoms with E-state index in [-0.39, 0.29) is 23.1 Å². The summed E-state index contributed by atoms with van der Waals surface area (Å²) in [6.07, 6.45) is 0. The van der Waals surface area contributed by atoms with Crippen LogP contribution >= 0.6 is 0 Å². The summed E-state index contributed by atoms with van der Waals surface area (Å²) in [5, 5.41) is 3.15. The number of carbonyl (C=O) groups is 1. The van der Waals surface area contributed by atoms with Gasteiger partial charge in [0.1, 0.15) is 16.4 Å². The molecule has 1 aromatic carbocycles. The van der Waals surface area contributed by atoms with Gasteiger partial charge < -0.3 is 19.7 Å². The molecule has 0 aromatic heterocycles. The number of hydrogen-bond donors (Lipinski definition) is 1. The van der Waals surface area contributed by atoms with Gasteiger partial charge in [0.15, 0.2) is 0 Å². The van der Waals surface area contributed by atoms with Crippen molar-refractivity contribution in [3.05, 3.63) is 18.2 Å². The summed E-state index contributed by atoms with van der Waals surface area (Å²) >= 11 is 0. The van der Waals surface area contributed by atoms with E-state index in [0.717, 1.165) is 4.31 Å². The Labute approximate surface area is 142 Å². The van der Waals surface area contributed by atoms with Crippen molar-refractivity contribution < 1.29 is 22.7 Å². The van der Waals surface area contributed by atoms with E-state index in [2.05, 4.69) is 5.32 Å². The molecule has 1 amide bonds. The quantitative estimate of drug-likeness (QED) is 0.756. The zero-order chi connectivity index (χ0) is 17.7. The van der Waals surface area contributed by atoms with Crippen LogP contribution < -0.4 is 14.8 Å². The Morgan fingerprint density at radius 1 is 1.25 bits per heavy atom. The lowest BCUT2D eigenvalue weighted by atomic mass is 10.3. The Bertz CT molecular complexity index is 686. The zero-order valence-corrected chi connectivity index (χ0v) is 14.9. The predicted octanol–water partition coefficient (Wildman–Crippen LogP) is -0.244. The third kappa shape index (κ3) is 3.97. The third-order valence-corrected chi connectivity index (χ3v) is 5.71. The fourth-order valence-corrected chi connectivity index (χ4v) is 3.73. The molecule has 0 atom stereocenters. The first kappa shape index (κ1) is 18.5. The first-order chi connectivity index (χ1) is 11.4. The zero-order valence-electron chi connectivity index (χ0n) is 14.1. The van der Waals surface area contributed by atoms with E-state index >= 15 is 0 Å². The third-order valence-electron chi connectivity index (χ3n) is 3.89. The lowest BCUT2D eigenvalue weighted by Crippen LogP contribution is -2.49. The van der Waals surface area contributed by atoms with Gasteiger partial charge in [-0.3, -0.25) is 4.79 Å². The first-order valence-corrected chi connectivity index (χ1v) is 9.01. The highest BCUT2D eigenvalue weighted by atomic mass is 32.2. The summed E-state index contributed by atoms with van der Waals surface area (Å²) in [5.41, 5.74) is 0. The minimum Gasteiger partial charge on any atom is -0.497 e. The minimum atomic E-state index is -3.88. The van der Waals surface area contributed by atoms with E-state index < -0.39 is 10.0 Å². The SMILES string of the molecule is COc1ccc(OC)c(S(=O)(=O)N(C)CC(=O)N2CCNCC2)c1. The second-order valence-corrected chi connectivity index (χ2v) is 7.42. The molecule has 1 N–H and O–H groups in total. The molecule has 2 rings (SSSR count). The maximum absolute atomic E-state index is 12.8. The second-order valence-electron chi connectivity index (χ2n) is 5.41. The van der Waals surface area contributed by atoms with Crippen LogP contribution in [0.5, 0.6) is 11.5 Å². The summed E-state index contributed by atoms with van der Waals surface area (Å²) in [7, 11) is 0.350. The Kier molecular flexibility index (Phi) is 6.03. The maximum atomic E-state index is 12.8. The van der Waals surface area contributed by atoms with Gasteiger partial charge in [0.2, 0.25) is 15.9 Å². The van der Waals surface area contributed by atoms with Gasteiger partial charge in [0.25, 0.3) is 0 Å². The van der Waals surface area contributed by atoms with Crippen LogP contribution in [0.4, 0.5) is 0 Å². The van der Waals surface area contributed by atoms with Gasteiger partial charge in [0, 0.05) is 39.3 Å². The van der Waals surface area contributed by atoms with Crippen molar-refractivity contribution in [2.45, 2.75) is 4.90 Å². The molecule has 24 heavy (non-hydrogen) atoms. The highest BCUT2D eigenvalue weighted by Gasteiger charge is 2.28.